The molecule has 0 aliphatic rings. The lowest BCUT2D eigenvalue weighted by atomic mass is 10.1. The maximum Gasteiger partial charge on any atom is 0.241 e. The van der Waals surface area contributed by atoms with E-state index in [1.165, 1.54) is 0 Å². The molecule has 5 nitrogen and oxygen atoms in total. The van der Waals surface area contributed by atoms with Gasteiger partial charge in [-0.15, -0.1) is 0 Å². The van der Waals surface area contributed by atoms with E-state index < -0.39 is 6.04 Å². The molecule has 0 heterocycles. The Morgan fingerprint density at radius 2 is 1.26 bits per heavy atom. The molecule has 0 aromatic heterocycles. The van der Waals surface area contributed by atoms with Crippen LogP contribution in [-0.2, 0) is 9.59 Å². The average molecular weight is 367 g/mol. The number of carbonyl (C=O) groups excluding carboxylic acids is 2. The van der Waals surface area contributed by atoms with Gasteiger partial charge in [0.25, 0.3) is 0 Å². The van der Waals surface area contributed by atoms with E-state index in [0.717, 1.165) is 33.6 Å². The second-order valence-electron chi connectivity index (χ2n) is 7.16. The van der Waals surface area contributed by atoms with E-state index in [-0.39, 0.29) is 18.4 Å². The molecule has 0 aliphatic heterocycles. The van der Waals surface area contributed by atoms with Gasteiger partial charge in [0, 0.05) is 11.4 Å². The Hall–Kier alpha value is -2.66. The van der Waals surface area contributed by atoms with Gasteiger partial charge in [-0.1, -0.05) is 36.4 Å². The Bertz CT molecular complexity index is 805. The Balaban J connectivity index is 1.99. The summed E-state index contributed by atoms with van der Waals surface area (Å²) in [4.78, 5) is 26.8. The average Bonchev–Trinajstić information content (AvgIpc) is 2.60. The lowest BCUT2D eigenvalue weighted by Gasteiger charge is -2.24. The monoisotopic (exact) mass is 367 g/mol. The second-order valence-corrected chi connectivity index (χ2v) is 7.16. The van der Waals surface area contributed by atoms with Crippen molar-refractivity contribution >= 4 is 23.2 Å². The number of aryl methyl sites for hydroxylation is 4. The standard InChI is InChI=1S/C22H29N3O2/c1-14-9-7-10-15(2)20(14)23-19(26)13-25(6)18(5)22(27)24-21-16(3)11-8-12-17(21)4/h7-12,18H,13H2,1-6H3,(H,23,26)(H,24,27). The normalized spacial score (nSPS) is 12.0. The molecule has 1 unspecified atom stereocenters. The number of nitrogens with one attached hydrogen (secondary N) is 2. The number of carbonyl (C=O) groups is 2. The van der Waals surface area contributed by atoms with Gasteiger partial charge in [-0.25, -0.2) is 0 Å². The summed E-state index contributed by atoms with van der Waals surface area (Å²) in [6, 6.07) is 11.4. The van der Waals surface area contributed by atoms with E-state index in [4.69, 9.17) is 0 Å². The number of rotatable bonds is 6. The fourth-order valence-electron chi connectivity index (χ4n) is 2.99. The molecule has 27 heavy (non-hydrogen) atoms. The molecule has 0 bridgehead atoms. The minimum atomic E-state index is -0.437. The zero-order valence-electron chi connectivity index (χ0n) is 17.0. The summed E-state index contributed by atoms with van der Waals surface area (Å²) >= 11 is 0. The summed E-state index contributed by atoms with van der Waals surface area (Å²) in [6.07, 6.45) is 0. The summed E-state index contributed by atoms with van der Waals surface area (Å²) in [7, 11) is 1.78. The van der Waals surface area contributed by atoms with Crippen molar-refractivity contribution in [3.63, 3.8) is 0 Å². The molecule has 5 heteroatoms. The molecule has 144 valence electrons. The number of anilines is 2. The third-order valence-electron chi connectivity index (χ3n) is 4.91. The first-order valence-corrected chi connectivity index (χ1v) is 9.14. The fraction of sp³-hybridized carbons (Fsp3) is 0.364. The van der Waals surface area contributed by atoms with E-state index in [1.807, 2.05) is 64.1 Å². The number of hydrogen-bond acceptors (Lipinski definition) is 3. The van der Waals surface area contributed by atoms with Crippen molar-refractivity contribution in [1.82, 2.24) is 4.90 Å². The summed E-state index contributed by atoms with van der Waals surface area (Å²) in [5.41, 5.74) is 5.75. The van der Waals surface area contributed by atoms with Gasteiger partial charge in [0.1, 0.15) is 0 Å². The quantitative estimate of drug-likeness (QED) is 0.816. The van der Waals surface area contributed by atoms with E-state index in [9.17, 15) is 9.59 Å². The lowest BCUT2D eigenvalue weighted by molar-refractivity contribution is -0.122. The van der Waals surface area contributed by atoms with Gasteiger partial charge >= 0.3 is 0 Å². The number of likely N-dealkylation sites (N-methyl/N-ethyl adjacent to an activating group) is 1. The smallest absolute Gasteiger partial charge is 0.241 e. The fourth-order valence-corrected chi connectivity index (χ4v) is 2.99. The van der Waals surface area contributed by atoms with Crippen LogP contribution in [0.4, 0.5) is 11.4 Å². The lowest BCUT2D eigenvalue weighted by Crippen LogP contribution is -2.43. The molecule has 2 aromatic rings. The number of para-hydroxylation sites is 2. The van der Waals surface area contributed by atoms with Crippen LogP contribution in [0.3, 0.4) is 0 Å². The Morgan fingerprint density at radius 1 is 0.852 bits per heavy atom. The Kier molecular flexibility index (Phi) is 6.75. The van der Waals surface area contributed by atoms with Crippen LogP contribution < -0.4 is 10.6 Å². The van der Waals surface area contributed by atoms with Crippen molar-refractivity contribution in [3.8, 4) is 0 Å². The third-order valence-corrected chi connectivity index (χ3v) is 4.91. The summed E-state index contributed by atoms with van der Waals surface area (Å²) in [5.74, 6) is -0.267. The van der Waals surface area contributed by atoms with E-state index in [2.05, 4.69) is 10.6 Å². The highest BCUT2D eigenvalue weighted by molar-refractivity contribution is 5.97. The number of benzene rings is 2. The maximum atomic E-state index is 12.6. The molecule has 0 saturated carbocycles. The highest BCUT2D eigenvalue weighted by atomic mass is 16.2. The predicted octanol–water partition coefficient (Wildman–Crippen LogP) is 3.82. The molecule has 0 radical (unpaired) electrons. The van der Waals surface area contributed by atoms with Gasteiger partial charge in [0.15, 0.2) is 0 Å². The first-order chi connectivity index (χ1) is 12.7. The molecule has 0 aliphatic carbocycles. The molecule has 0 spiro atoms. The molecule has 2 amide bonds. The molecule has 0 fully saturated rings. The van der Waals surface area contributed by atoms with Crippen LogP contribution in [0.5, 0.6) is 0 Å². The van der Waals surface area contributed by atoms with Gasteiger partial charge in [-0.3, -0.25) is 14.5 Å². The maximum absolute atomic E-state index is 12.6. The largest absolute Gasteiger partial charge is 0.324 e. The van der Waals surface area contributed by atoms with Gasteiger partial charge in [0.2, 0.25) is 11.8 Å². The SMILES string of the molecule is Cc1cccc(C)c1NC(=O)CN(C)C(C)C(=O)Nc1c(C)cccc1C. The molecular formula is C22H29N3O2. The predicted molar refractivity (Wildman–Crippen MR) is 111 cm³/mol. The van der Waals surface area contributed by atoms with Gasteiger partial charge in [-0.05, 0) is 63.9 Å². The second kappa shape index (κ2) is 8.82. The Labute approximate surface area is 161 Å². The van der Waals surface area contributed by atoms with Crippen LogP contribution in [0.1, 0.15) is 29.2 Å². The van der Waals surface area contributed by atoms with Gasteiger partial charge in [-0.2, -0.15) is 0 Å². The summed E-state index contributed by atoms with van der Waals surface area (Å²) in [6.45, 7) is 9.80. The third kappa shape index (κ3) is 5.17. The highest BCUT2D eigenvalue weighted by Crippen LogP contribution is 2.21. The molecule has 2 rings (SSSR count). The first-order valence-electron chi connectivity index (χ1n) is 9.14. The molecule has 0 saturated heterocycles. The van der Waals surface area contributed by atoms with E-state index in [0.29, 0.717) is 0 Å². The Morgan fingerprint density at radius 3 is 1.70 bits per heavy atom. The zero-order chi connectivity index (χ0) is 20.1. The van der Waals surface area contributed by atoms with Crippen LogP contribution in [0.25, 0.3) is 0 Å². The first kappa shape index (κ1) is 20.6. The molecule has 1 atom stereocenters. The van der Waals surface area contributed by atoms with Crippen LogP contribution >= 0.6 is 0 Å². The van der Waals surface area contributed by atoms with Crippen LogP contribution in [0.15, 0.2) is 36.4 Å². The van der Waals surface area contributed by atoms with Crippen molar-refractivity contribution < 1.29 is 9.59 Å². The minimum Gasteiger partial charge on any atom is -0.324 e. The molecule has 2 aromatic carbocycles. The van der Waals surface area contributed by atoms with Gasteiger partial charge < -0.3 is 10.6 Å². The summed E-state index contributed by atoms with van der Waals surface area (Å²) in [5, 5.41) is 5.95. The van der Waals surface area contributed by atoms with Crippen molar-refractivity contribution in [3.05, 3.63) is 58.7 Å². The molecule has 2 N–H and O–H groups in total. The topological polar surface area (TPSA) is 61.4 Å². The van der Waals surface area contributed by atoms with Crippen LogP contribution in [-0.4, -0.2) is 36.3 Å². The number of amides is 2. The minimum absolute atomic E-state index is 0.130. The number of nitrogens with zero attached hydrogens (tertiary/aromatic N) is 1. The number of hydrogen-bond donors (Lipinski definition) is 2. The zero-order valence-corrected chi connectivity index (χ0v) is 17.0. The van der Waals surface area contributed by atoms with Crippen LogP contribution in [0.2, 0.25) is 0 Å². The van der Waals surface area contributed by atoms with Crippen molar-refractivity contribution in [2.75, 3.05) is 24.2 Å². The molecular weight excluding hydrogens is 338 g/mol. The van der Waals surface area contributed by atoms with Crippen molar-refractivity contribution in [1.29, 1.82) is 0 Å². The summed E-state index contributed by atoms with van der Waals surface area (Å²) < 4.78 is 0. The highest BCUT2D eigenvalue weighted by Gasteiger charge is 2.21. The van der Waals surface area contributed by atoms with E-state index >= 15 is 0 Å². The van der Waals surface area contributed by atoms with Gasteiger partial charge in [0.05, 0.1) is 12.6 Å². The van der Waals surface area contributed by atoms with Crippen LogP contribution in [0, 0.1) is 27.7 Å². The van der Waals surface area contributed by atoms with Crippen molar-refractivity contribution in [2.45, 2.75) is 40.7 Å². The van der Waals surface area contributed by atoms with Crippen molar-refractivity contribution in [2.24, 2.45) is 0 Å². The van der Waals surface area contributed by atoms with E-state index in [1.54, 1.807) is 18.9 Å².